The summed E-state index contributed by atoms with van der Waals surface area (Å²) in [4.78, 5) is 26.9. The van der Waals surface area contributed by atoms with Crippen LogP contribution in [0.4, 0.5) is 0 Å². The van der Waals surface area contributed by atoms with Crippen LogP contribution in [0.3, 0.4) is 0 Å². The number of carbonyl (C=O) groups is 2. The Morgan fingerprint density at radius 2 is 1.52 bits per heavy atom. The molecule has 6 aliphatic rings. The number of carbonyl (C=O) groups excluding carboxylic acids is 1. The Morgan fingerprint density at radius 1 is 0.852 bits per heavy atom. The van der Waals surface area contributed by atoms with Gasteiger partial charge in [-0.05, 0) is 128 Å². The van der Waals surface area contributed by atoms with E-state index < -0.39 is 27.3 Å². The summed E-state index contributed by atoms with van der Waals surface area (Å²) in [5.41, 5.74) is -0.193. The zero-order valence-electron chi connectivity index (χ0n) is 35.5. The van der Waals surface area contributed by atoms with E-state index in [0.29, 0.717) is 55.1 Å². The summed E-state index contributed by atoms with van der Waals surface area (Å²) >= 11 is 0. The topological polar surface area (TPSA) is 133 Å². The minimum atomic E-state index is -2.99. The minimum absolute atomic E-state index is 0.0430. The summed E-state index contributed by atoms with van der Waals surface area (Å²) in [6.07, 6.45) is 10.9. The van der Waals surface area contributed by atoms with Crippen molar-refractivity contribution in [1.82, 2.24) is 10.2 Å². The van der Waals surface area contributed by atoms with E-state index in [1.165, 1.54) is 38.5 Å². The van der Waals surface area contributed by atoms with Gasteiger partial charge in [0, 0.05) is 36.6 Å². The number of nitrogens with zero attached hydrogens (tertiary/aromatic N) is 1. The van der Waals surface area contributed by atoms with Crippen LogP contribution in [0.1, 0.15) is 146 Å². The Hall–Kier alpha value is -1.23. The highest BCUT2D eigenvalue weighted by Crippen LogP contribution is 2.76. The number of sulfone groups is 1. The first-order valence-electron chi connectivity index (χ1n) is 21.7. The van der Waals surface area contributed by atoms with Crippen molar-refractivity contribution in [2.24, 2.45) is 62.6 Å². The summed E-state index contributed by atoms with van der Waals surface area (Å²) < 4.78 is 30.8. The molecule has 12 atom stereocenters. The van der Waals surface area contributed by atoms with Crippen LogP contribution in [-0.4, -0.2) is 90.4 Å². The normalized spacial score (nSPS) is 42.9. The zero-order valence-corrected chi connectivity index (χ0v) is 36.3. The predicted molar refractivity (Wildman–Crippen MR) is 214 cm³/mol. The molecular weight excluding hydrogens is 701 g/mol. The lowest BCUT2D eigenvalue weighted by molar-refractivity contribution is -0.247. The van der Waals surface area contributed by atoms with Gasteiger partial charge in [-0.3, -0.25) is 14.5 Å². The first-order chi connectivity index (χ1) is 24.9. The van der Waals surface area contributed by atoms with Gasteiger partial charge >= 0.3 is 11.9 Å². The third-order valence-corrected chi connectivity index (χ3v) is 19.5. The second-order valence-electron chi connectivity index (χ2n) is 21.9. The monoisotopic (exact) mass is 777 g/mol. The van der Waals surface area contributed by atoms with Crippen LogP contribution in [-0.2, 0) is 24.2 Å². The average Bonchev–Trinajstić information content (AvgIpc) is 3.42. The molecule has 0 spiro atoms. The Kier molecular flexibility index (Phi) is 11.4. The lowest BCUT2D eigenvalue weighted by atomic mass is 9.32. The van der Waals surface area contributed by atoms with Gasteiger partial charge in [-0.2, -0.15) is 0 Å². The molecule has 0 radical (unpaired) electrons. The summed E-state index contributed by atoms with van der Waals surface area (Å²) in [6.45, 7) is 24.7. The first-order valence-corrected chi connectivity index (χ1v) is 23.5. The van der Waals surface area contributed by atoms with E-state index in [2.05, 4.69) is 58.7 Å². The SMILES string of the molecule is CC(C)[C@@H]1CC[C@]2(NC[C@H]([C@@H](C)O)N3CCS(=O)(=O)CC3)CC[C@]3(C)[C@H](CC[C@@H]4[C@@]5(C)CC[C@H](OC(=O)CC(C)(C)CC(=O)O)C(C)(C)[C@@H]5CC[C@]43C)[C@@H]12. The number of hydrogen-bond donors (Lipinski definition) is 3. The number of aliphatic hydroxyl groups is 1. The molecule has 1 saturated heterocycles. The van der Waals surface area contributed by atoms with Gasteiger partial charge in [0.2, 0.25) is 0 Å². The summed E-state index contributed by atoms with van der Waals surface area (Å²) in [6, 6.07) is -0.0978. The fourth-order valence-corrected chi connectivity index (χ4v) is 16.1. The van der Waals surface area contributed by atoms with E-state index in [4.69, 9.17) is 4.74 Å². The van der Waals surface area contributed by atoms with Crippen molar-refractivity contribution in [2.75, 3.05) is 31.1 Å². The zero-order chi connectivity index (χ0) is 39.9. The molecule has 0 bridgehead atoms. The van der Waals surface area contributed by atoms with Gasteiger partial charge in [-0.15, -0.1) is 0 Å². The van der Waals surface area contributed by atoms with Crippen LogP contribution in [0.2, 0.25) is 0 Å². The van der Waals surface area contributed by atoms with E-state index in [-0.39, 0.29) is 69.7 Å². The molecule has 1 heterocycles. The van der Waals surface area contributed by atoms with E-state index in [9.17, 15) is 28.2 Å². The number of carboxylic acid groups (broad SMARTS) is 1. The number of fused-ring (bicyclic) bond motifs is 7. The Morgan fingerprint density at radius 3 is 2.13 bits per heavy atom. The quantitative estimate of drug-likeness (QED) is 0.184. The van der Waals surface area contributed by atoms with Gasteiger partial charge in [0.25, 0.3) is 0 Å². The summed E-state index contributed by atoms with van der Waals surface area (Å²) in [5.74, 6) is 2.71. The van der Waals surface area contributed by atoms with E-state index in [1.807, 2.05) is 20.8 Å². The van der Waals surface area contributed by atoms with Gasteiger partial charge in [0.05, 0.1) is 30.5 Å². The van der Waals surface area contributed by atoms with Crippen LogP contribution in [0, 0.1) is 62.6 Å². The lowest BCUT2D eigenvalue weighted by Gasteiger charge is -2.73. The molecule has 54 heavy (non-hydrogen) atoms. The molecule has 6 rings (SSSR count). The second-order valence-corrected chi connectivity index (χ2v) is 24.2. The number of aliphatic carboxylic acids is 1. The Labute approximate surface area is 327 Å². The lowest BCUT2D eigenvalue weighted by Crippen LogP contribution is -2.69. The van der Waals surface area contributed by atoms with Crippen molar-refractivity contribution in [3.05, 3.63) is 0 Å². The average molecular weight is 777 g/mol. The molecule has 3 N–H and O–H groups in total. The van der Waals surface area contributed by atoms with Crippen molar-refractivity contribution in [3.8, 4) is 0 Å². The Bertz CT molecular complexity index is 1510. The van der Waals surface area contributed by atoms with Crippen LogP contribution in [0.15, 0.2) is 0 Å². The third kappa shape index (κ3) is 7.24. The Balaban J connectivity index is 1.22. The van der Waals surface area contributed by atoms with Gasteiger partial charge in [-0.25, -0.2) is 8.42 Å². The van der Waals surface area contributed by atoms with Crippen LogP contribution >= 0.6 is 0 Å². The fraction of sp³-hybridized carbons (Fsp3) is 0.955. The molecule has 5 saturated carbocycles. The molecule has 10 heteroatoms. The molecular formula is C44H76N2O7S. The van der Waals surface area contributed by atoms with E-state index in [1.54, 1.807) is 0 Å². The molecule has 5 aliphatic carbocycles. The maximum Gasteiger partial charge on any atom is 0.306 e. The molecule has 0 aromatic rings. The van der Waals surface area contributed by atoms with Crippen LogP contribution in [0.5, 0.6) is 0 Å². The van der Waals surface area contributed by atoms with Crippen molar-refractivity contribution in [1.29, 1.82) is 0 Å². The highest BCUT2D eigenvalue weighted by molar-refractivity contribution is 7.91. The highest BCUT2D eigenvalue weighted by Gasteiger charge is 2.71. The summed E-state index contributed by atoms with van der Waals surface area (Å²) in [7, 11) is -2.99. The van der Waals surface area contributed by atoms with Gasteiger partial charge in [-0.1, -0.05) is 62.3 Å². The largest absolute Gasteiger partial charge is 0.481 e. The highest BCUT2D eigenvalue weighted by atomic mass is 32.2. The fourth-order valence-electron chi connectivity index (χ4n) is 14.9. The van der Waals surface area contributed by atoms with Crippen molar-refractivity contribution in [3.63, 3.8) is 0 Å². The van der Waals surface area contributed by atoms with Crippen LogP contribution in [0.25, 0.3) is 0 Å². The molecule has 6 fully saturated rings. The molecule has 0 unspecified atom stereocenters. The number of carboxylic acids is 1. The second kappa shape index (κ2) is 14.5. The smallest absolute Gasteiger partial charge is 0.306 e. The molecule has 0 aromatic carbocycles. The first kappa shape index (κ1) is 42.4. The maximum atomic E-state index is 13.3. The number of ether oxygens (including phenoxy) is 1. The number of aliphatic hydroxyl groups excluding tert-OH is 1. The number of esters is 1. The van der Waals surface area contributed by atoms with E-state index >= 15 is 0 Å². The van der Waals surface area contributed by atoms with Crippen molar-refractivity contribution in [2.45, 2.75) is 170 Å². The molecule has 9 nitrogen and oxygen atoms in total. The molecule has 1 aliphatic heterocycles. The minimum Gasteiger partial charge on any atom is -0.481 e. The number of rotatable bonds is 11. The van der Waals surface area contributed by atoms with Gasteiger partial charge < -0.3 is 20.3 Å². The standard InChI is InChI=1S/C44H76N2O7S/c1-28(2)30-13-18-44(45-27-32(29(3)47)46-21-23-54(51,52)24-22-46)20-19-42(9)31(38(30)44)11-12-34-41(8)16-15-35(40(6,7)33(41)14-17-43(34,42)10)53-37(50)26-39(4,5)25-36(48)49/h28-35,38,45,47H,11-27H2,1-10H3,(H,48,49)/t29-,30+,31-,32-,33+,34-,35+,38-,41+,42-,43-,44+/m1/s1. The van der Waals surface area contributed by atoms with Gasteiger partial charge in [0.15, 0.2) is 9.84 Å². The number of hydrogen-bond acceptors (Lipinski definition) is 8. The van der Waals surface area contributed by atoms with E-state index in [0.717, 1.165) is 25.7 Å². The summed E-state index contributed by atoms with van der Waals surface area (Å²) in [5, 5.41) is 24.6. The molecule has 0 amide bonds. The molecule has 310 valence electrons. The maximum absolute atomic E-state index is 13.3. The molecule has 0 aromatic heterocycles. The van der Waals surface area contributed by atoms with Crippen LogP contribution < -0.4 is 5.32 Å². The number of nitrogens with one attached hydrogen (secondary N) is 1. The van der Waals surface area contributed by atoms with Crippen molar-refractivity contribution < 1.29 is 33.0 Å². The predicted octanol–water partition coefficient (Wildman–Crippen LogP) is 7.35. The van der Waals surface area contributed by atoms with Crippen molar-refractivity contribution >= 4 is 21.8 Å². The van der Waals surface area contributed by atoms with Gasteiger partial charge in [0.1, 0.15) is 6.10 Å². The third-order valence-electron chi connectivity index (χ3n) is 17.9.